The van der Waals surface area contributed by atoms with Crippen LogP contribution >= 0.6 is 11.8 Å². The maximum Gasteiger partial charge on any atom is 0.324 e. The van der Waals surface area contributed by atoms with Crippen LogP contribution in [0.1, 0.15) is 11.3 Å². The summed E-state index contributed by atoms with van der Waals surface area (Å²) in [5.41, 5.74) is 7.15. The predicted molar refractivity (Wildman–Crippen MR) is 89.5 cm³/mol. The monoisotopic (exact) mass is 305 g/mol. The fourth-order valence-electron chi connectivity index (χ4n) is 3.77. The first-order valence-electron chi connectivity index (χ1n) is 7.87. The fourth-order valence-corrected chi connectivity index (χ4v) is 4.91. The molecule has 108 valence electrons. The first-order chi connectivity index (χ1) is 10.9. The van der Waals surface area contributed by atoms with Crippen LogP contribution in [0.25, 0.3) is 16.9 Å². The largest absolute Gasteiger partial charge is 0.324 e. The number of hydrogen-bond acceptors (Lipinski definition) is 1. The van der Waals surface area contributed by atoms with Crippen LogP contribution in [-0.4, -0.2) is 10.3 Å². The number of aromatic nitrogens is 2. The minimum Gasteiger partial charge on any atom is -0.216 e. The van der Waals surface area contributed by atoms with Crippen molar-refractivity contribution >= 4 is 11.8 Å². The SMILES string of the molecule is c1ccc(-n2c3c([n+]4c2SCC4)-c2ccccc2CC3)cc1. The summed E-state index contributed by atoms with van der Waals surface area (Å²) in [5, 5.41) is 1.40. The maximum atomic E-state index is 2.53. The van der Waals surface area contributed by atoms with Gasteiger partial charge in [-0.1, -0.05) is 42.5 Å². The molecule has 0 bridgehead atoms. The number of thioether (sulfide) groups is 1. The molecule has 0 fully saturated rings. The molecule has 0 N–H and O–H groups in total. The molecule has 3 aromatic rings. The lowest BCUT2D eigenvalue weighted by Crippen LogP contribution is -2.34. The Bertz CT molecular complexity index is 843. The van der Waals surface area contributed by atoms with Crippen LogP contribution in [0.2, 0.25) is 0 Å². The van der Waals surface area contributed by atoms with Gasteiger partial charge in [0, 0.05) is 17.7 Å². The molecule has 2 heterocycles. The smallest absolute Gasteiger partial charge is 0.216 e. The molecule has 0 saturated heterocycles. The Morgan fingerprint density at radius 2 is 1.73 bits per heavy atom. The molecule has 1 aromatic heterocycles. The number of hydrogen-bond donors (Lipinski definition) is 0. The second-order valence-corrected chi connectivity index (χ2v) is 6.97. The van der Waals surface area contributed by atoms with Gasteiger partial charge in [-0.2, -0.15) is 4.57 Å². The Morgan fingerprint density at radius 3 is 2.64 bits per heavy atom. The average Bonchev–Trinajstić information content (AvgIpc) is 3.15. The lowest BCUT2D eigenvalue weighted by molar-refractivity contribution is -0.713. The van der Waals surface area contributed by atoms with E-state index in [9.17, 15) is 0 Å². The Labute approximate surface area is 134 Å². The first kappa shape index (κ1) is 12.5. The Morgan fingerprint density at radius 1 is 0.909 bits per heavy atom. The van der Waals surface area contributed by atoms with Crippen molar-refractivity contribution in [3.63, 3.8) is 0 Å². The number of rotatable bonds is 1. The Hall–Kier alpha value is -2.00. The van der Waals surface area contributed by atoms with Crippen molar-refractivity contribution in [2.75, 3.05) is 5.75 Å². The van der Waals surface area contributed by atoms with Crippen LogP contribution in [0.3, 0.4) is 0 Å². The summed E-state index contributed by atoms with van der Waals surface area (Å²) in [5.74, 6) is 1.18. The number of nitrogens with zero attached hydrogens (tertiary/aromatic N) is 2. The van der Waals surface area contributed by atoms with Gasteiger partial charge in [0.25, 0.3) is 0 Å². The summed E-state index contributed by atoms with van der Waals surface area (Å²) in [7, 11) is 0. The van der Waals surface area contributed by atoms with Crippen LogP contribution in [-0.2, 0) is 19.4 Å². The number of imidazole rings is 1. The van der Waals surface area contributed by atoms with E-state index in [1.807, 2.05) is 11.8 Å². The summed E-state index contributed by atoms with van der Waals surface area (Å²) >= 11 is 1.98. The topological polar surface area (TPSA) is 8.81 Å². The van der Waals surface area contributed by atoms with Crippen molar-refractivity contribution in [1.29, 1.82) is 0 Å². The highest BCUT2D eigenvalue weighted by atomic mass is 32.2. The zero-order valence-corrected chi connectivity index (χ0v) is 13.1. The first-order valence-corrected chi connectivity index (χ1v) is 8.86. The van der Waals surface area contributed by atoms with Crippen LogP contribution in [0.5, 0.6) is 0 Å². The molecule has 2 aliphatic rings. The normalized spacial score (nSPS) is 15.3. The third-order valence-corrected chi connectivity index (χ3v) is 5.75. The summed E-state index contributed by atoms with van der Waals surface area (Å²) < 4.78 is 5.02. The quantitative estimate of drug-likeness (QED) is 0.624. The van der Waals surface area contributed by atoms with E-state index in [0.717, 1.165) is 19.4 Å². The second kappa shape index (κ2) is 4.75. The van der Waals surface area contributed by atoms with Gasteiger partial charge in [0.2, 0.25) is 0 Å². The molecular formula is C19H17N2S+. The zero-order chi connectivity index (χ0) is 14.5. The highest BCUT2D eigenvalue weighted by Crippen LogP contribution is 2.38. The molecule has 0 atom stereocenters. The van der Waals surface area contributed by atoms with Crippen LogP contribution in [0, 0.1) is 0 Å². The summed E-state index contributed by atoms with van der Waals surface area (Å²) in [6.07, 6.45) is 2.27. The van der Waals surface area contributed by atoms with E-state index in [4.69, 9.17) is 0 Å². The maximum absolute atomic E-state index is 2.53. The average molecular weight is 305 g/mol. The fraction of sp³-hybridized carbons (Fsp3) is 0.211. The van der Waals surface area contributed by atoms with E-state index < -0.39 is 0 Å². The summed E-state index contributed by atoms with van der Waals surface area (Å²) in [4.78, 5) is 0. The lowest BCUT2D eigenvalue weighted by atomic mass is 9.92. The van der Waals surface area contributed by atoms with E-state index in [0.29, 0.717) is 0 Å². The minimum absolute atomic E-state index is 1.12. The molecule has 2 aromatic carbocycles. The molecule has 1 aliphatic carbocycles. The van der Waals surface area contributed by atoms with Gasteiger partial charge in [-0.3, -0.25) is 0 Å². The highest BCUT2D eigenvalue weighted by molar-refractivity contribution is 7.99. The van der Waals surface area contributed by atoms with Gasteiger partial charge < -0.3 is 0 Å². The van der Waals surface area contributed by atoms with Gasteiger partial charge in [0.15, 0.2) is 11.4 Å². The van der Waals surface area contributed by atoms with E-state index in [1.54, 1.807) is 0 Å². The molecule has 0 saturated carbocycles. The van der Waals surface area contributed by atoms with Crippen molar-refractivity contribution in [2.45, 2.75) is 24.5 Å². The summed E-state index contributed by atoms with van der Waals surface area (Å²) in [6.45, 7) is 1.12. The predicted octanol–water partition coefficient (Wildman–Crippen LogP) is 3.64. The zero-order valence-electron chi connectivity index (χ0n) is 12.3. The van der Waals surface area contributed by atoms with E-state index >= 15 is 0 Å². The second-order valence-electron chi connectivity index (χ2n) is 5.91. The third kappa shape index (κ3) is 1.66. The van der Waals surface area contributed by atoms with Crippen molar-refractivity contribution in [2.24, 2.45) is 0 Å². The number of benzene rings is 2. The van der Waals surface area contributed by atoms with Crippen molar-refractivity contribution in [3.8, 4) is 16.9 Å². The number of aryl methyl sites for hydroxylation is 1. The molecule has 1 aliphatic heterocycles. The molecule has 0 unspecified atom stereocenters. The van der Waals surface area contributed by atoms with E-state index in [1.165, 1.54) is 39.1 Å². The molecule has 0 spiro atoms. The Kier molecular flexibility index (Phi) is 2.71. The third-order valence-electron chi connectivity index (χ3n) is 4.70. The molecule has 0 amide bonds. The van der Waals surface area contributed by atoms with Gasteiger partial charge >= 0.3 is 5.16 Å². The molecule has 22 heavy (non-hydrogen) atoms. The molecule has 3 heteroatoms. The van der Waals surface area contributed by atoms with Gasteiger partial charge in [0.1, 0.15) is 12.2 Å². The molecular weight excluding hydrogens is 288 g/mol. The number of fused-ring (bicyclic) bond motifs is 5. The van der Waals surface area contributed by atoms with Gasteiger partial charge in [-0.15, -0.1) is 0 Å². The molecule has 5 rings (SSSR count). The van der Waals surface area contributed by atoms with E-state index in [-0.39, 0.29) is 0 Å². The molecule has 0 radical (unpaired) electrons. The molecule has 2 nitrogen and oxygen atoms in total. The van der Waals surface area contributed by atoms with Crippen molar-refractivity contribution < 1.29 is 4.57 Å². The van der Waals surface area contributed by atoms with Crippen LogP contribution in [0.4, 0.5) is 0 Å². The van der Waals surface area contributed by atoms with Crippen LogP contribution in [0.15, 0.2) is 59.8 Å². The van der Waals surface area contributed by atoms with Gasteiger partial charge in [0.05, 0.1) is 0 Å². The summed E-state index contributed by atoms with van der Waals surface area (Å²) in [6, 6.07) is 19.7. The van der Waals surface area contributed by atoms with Crippen molar-refractivity contribution in [1.82, 2.24) is 4.57 Å². The minimum atomic E-state index is 1.12. The van der Waals surface area contributed by atoms with E-state index in [2.05, 4.69) is 63.7 Å². The highest BCUT2D eigenvalue weighted by Gasteiger charge is 2.38. The van der Waals surface area contributed by atoms with Crippen molar-refractivity contribution in [3.05, 3.63) is 65.9 Å². The lowest BCUT2D eigenvalue weighted by Gasteiger charge is -2.14. The van der Waals surface area contributed by atoms with Gasteiger partial charge in [-0.25, -0.2) is 4.57 Å². The Balaban J connectivity index is 1.84. The number of para-hydroxylation sites is 1. The van der Waals surface area contributed by atoms with Gasteiger partial charge in [-0.05, 0) is 35.9 Å². The standard InChI is InChI=1S/C19H17N2S/c1-2-7-15(8-3-1)21-17-11-10-14-6-4-5-9-16(14)18(17)20-12-13-22-19(20)21/h1-9H,10-13H2/q+1. The van der Waals surface area contributed by atoms with Crippen LogP contribution < -0.4 is 4.57 Å².